The van der Waals surface area contributed by atoms with Crippen LogP contribution in [0.15, 0.2) is 36.7 Å². The van der Waals surface area contributed by atoms with Crippen molar-refractivity contribution in [1.29, 1.82) is 0 Å². The number of nitrogens with one attached hydrogen (secondary N) is 2. The zero-order valence-corrected chi connectivity index (χ0v) is 11.4. The number of benzene rings is 1. The fraction of sp³-hybridized carbons (Fsp3) is 0.375. The second-order valence-corrected chi connectivity index (χ2v) is 5.25. The lowest BCUT2D eigenvalue weighted by molar-refractivity contribution is -0.118. The molecule has 0 aliphatic carbocycles. The summed E-state index contributed by atoms with van der Waals surface area (Å²) in [5.41, 5.74) is 0.862. The van der Waals surface area contributed by atoms with E-state index >= 15 is 0 Å². The molecule has 1 fully saturated rings. The number of rotatable bonds is 2. The monoisotopic (exact) mass is 269 g/mol. The van der Waals surface area contributed by atoms with Crippen molar-refractivity contribution in [2.24, 2.45) is 0 Å². The van der Waals surface area contributed by atoms with Gasteiger partial charge in [-0.3, -0.25) is 9.78 Å². The van der Waals surface area contributed by atoms with Crippen LogP contribution < -0.4 is 10.6 Å². The van der Waals surface area contributed by atoms with E-state index in [0.29, 0.717) is 0 Å². The standard InChI is InChI=1S/C16H19N3O/c20-16(15-6-2-1-3-9-18-15)19-14-7-4-5-12-11-17-10-8-13(12)14/h4-5,7-8,10-11,15,18H,1-3,6,9H2,(H,19,20). The number of carbonyl (C=O) groups excluding carboxylic acids is 1. The van der Waals surface area contributed by atoms with Crippen LogP contribution in [0.5, 0.6) is 0 Å². The highest BCUT2D eigenvalue weighted by atomic mass is 16.2. The molecule has 1 atom stereocenters. The van der Waals surface area contributed by atoms with E-state index in [1.807, 2.05) is 30.5 Å². The first-order valence-corrected chi connectivity index (χ1v) is 7.21. The van der Waals surface area contributed by atoms with E-state index in [1.165, 1.54) is 6.42 Å². The number of anilines is 1. The lowest BCUT2D eigenvalue weighted by Gasteiger charge is -2.16. The average molecular weight is 269 g/mol. The van der Waals surface area contributed by atoms with E-state index in [4.69, 9.17) is 0 Å². The Labute approximate surface area is 118 Å². The minimum Gasteiger partial charge on any atom is -0.324 e. The fourth-order valence-electron chi connectivity index (χ4n) is 2.70. The molecule has 0 saturated carbocycles. The van der Waals surface area contributed by atoms with Gasteiger partial charge in [-0.15, -0.1) is 0 Å². The number of amides is 1. The molecule has 1 aromatic heterocycles. The zero-order valence-electron chi connectivity index (χ0n) is 11.4. The summed E-state index contributed by atoms with van der Waals surface area (Å²) in [4.78, 5) is 16.5. The van der Waals surface area contributed by atoms with Gasteiger partial charge < -0.3 is 10.6 Å². The molecule has 2 aromatic rings. The van der Waals surface area contributed by atoms with Gasteiger partial charge in [-0.25, -0.2) is 0 Å². The Morgan fingerprint density at radius 2 is 2.20 bits per heavy atom. The molecule has 1 saturated heterocycles. The minimum atomic E-state index is -0.0745. The molecular formula is C16H19N3O. The van der Waals surface area contributed by atoms with Crippen molar-refractivity contribution in [1.82, 2.24) is 10.3 Å². The maximum absolute atomic E-state index is 12.4. The van der Waals surface area contributed by atoms with E-state index in [-0.39, 0.29) is 11.9 Å². The maximum Gasteiger partial charge on any atom is 0.241 e. The second kappa shape index (κ2) is 6.01. The van der Waals surface area contributed by atoms with Crippen LogP contribution in [0.1, 0.15) is 25.7 Å². The molecular weight excluding hydrogens is 250 g/mol. The van der Waals surface area contributed by atoms with Crippen LogP contribution in [0.25, 0.3) is 10.8 Å². The Morgan fingerprint density at radius 1 is 1.25 bits per heavy atom. The summed E-state index contributed by atoms with van der Waals surface area (Å²) in [6, 6.07) is 7.75. The number of pyridine rings is 1. The van der Waals surface area contributed by atoms with Gasteiger partial charge in [0.2, 0.25) is 5.91 Å². The highest BCUT2D eigenvalue weighted by Crippen LogP contribution is 2.22. The van der Waals surface area contributed by atoms with Gasteiger partial charge in [-0.1, -0.05) is 25.0 Å². The zero-order chi connectivity index (χ0) is 13.8. The molecule has 20 heavy (non-hydrogen) atoms. The highest BCUT2D eigenvalue weighted by Gasteiger charge is 2.19. The first-order valence-electron chi connectivity index (χ1n) is 7.21. The molecule has 3 rings (SSSR count). The van der Waals surface area contributed by atoms with Crippen LogP contribution in [-0.2, 0) is 4.79 Å². The molecule has 2 N–H and O–H groups in total. The molecule has 1 unspecified atom stereocenters. The fourth-order valence-corrected chi connectivity index (χ4v) is 2.70. The van der Waals surface area contributed by atoms with Crippen LogP contribution in [-0.4, -0.2) is 23.5 Å². The van der Waals surface area contributed by atoms with Gasteiger partial charge >= 0.3 is 0 Å². The number of fused-ring (bicyclic) bond motifs is 1. The first-order chi connectivity index (χ1) is 9.84. The average Bonchev–Trinajstić information content (AvgIpc) is 2.77. The van der Waals surface area contributed by atoms with Crippen molar-refractivity contribution < 1.29 is 4.79 Å². The van der Waals surface area contributed by atoms with Crippen molar-refractivity contribution in [3.05, 3.63) is 36.7 Å². The third kappa shape index (κ3) is 2.80. The molecule has 1 aliphatic heterocycles. The summed E-state index contributed by atoms with van der Waals surface area (Å²) in [5, 5.41) is 8.45. The second-order valence-electron chi connectivity index (χ2n) is 5.25. The van der Waals surface area contributed by atoms with E-state index < -0.39 is 0 Å². The topological polar surface area (TPSA) is 54.0 Å². The van der Waals surface area contributed by atoms with Crippen LogP contribution in [0.3, 0.4) is 0 Å². The molecule has 1 aliphatic rings. The van der Waals surface area contributed by atoms with Gasteiger partial charge in [0.15, 0.2) is 0 Å². The van der Waals surface area contributed by atoms with Crippen LogP contribution in [0.2, 0.25) is 0 Å². The van der Waals surface area contributed by atoms with Crippen LogP contribution in [0, 0.1) is 0 Å². The van der Waals surface area contributed by atoms with Crippen molar-refractivity contribution in [2.75, 3.05) is 11.9 Å². The Hall–Kier alpha value is -1.94. The van der Waals surface area contributed by atoms with Crippen molar-refractivity contribution in [3.63, 3.8) is 0 Å². The van der Waals surface area contributed by atoms with E-state index in [2.05, 4.69) is 15.6 Å². The largest absolute Gasteiger partial charge is 0.324 e. The van der Waals surface area contributed by atoms with Gasteiger partial charge in [0.25, 0.3) is 0 Å². The number of carbonyl (C=O) groups is 1. The summed E-state index contributed by atoms with van der Waals surface area (Å²) in [7, 11) is 0. The van der Waals surface area contributed by atoms with Gasteiger partial charge in [0, 0.05) is 28.9 Å². The SMILES string of the molecule is O=C(Nc1cccc2cnccc12)C1CCCCCN1. The third-order valence-electron chi connectivity index (χ3n) is 3.82. The van der Waals surface area contributed by atoms with Gasteiger partial charge in [0.1, 0.15) is 0 Å². The highest BCUT2D eigenvalue weighted by molar-refractivity contribution is 6.03. The van der Waals surface area contributed by atoms with E-state index in [1.54, 1.807) is 6.20 Å². The molecule has 0 spiro atoms. The predicted octanol–water partition coefficient (Wildman–Crippen LogP) is 2.71. The lowest BCUT2D eigenvalue weighted by atomic mass is 10.1. The molecule has 4 nitrogen and oxygen atoms in total. The van der Waals surface area contributed by atoms with Crippen molar-refractivity contribution in [3.8, 4) is 0 Å². The first kappa shape index (κ1) is 13.1. The molecule has 2 heterocycles. The quantitative estimate of drug-likeness (QED) is 0.881. The number of hydrogen-bond acceptors (Lipinski definition) is 3. The summed E-state index contributed by atoms with van der Waals surface area (Å²) in [5.74, 6) is 0.0659. The Bertz CT molecular complexity index is 598. The molecule has 1 aromatic carbocycles. The van der Waals surface area contributed by atoms with Crippen molar-refractivity contribution >= 4 is 22.4 Å². The predicted molar refractivity (Wildman–Crippen MR) is 80.6 cm³/mol. The van der Waals surface area contributed by atoms with Crippen molar-refractivity contribution in [2.45, 2.75) is 31.7 Å². The number of nitrogens with zero attached hydrogens (tertiary/aromatic N) is 1. The Balaban J connectivity index is 1.80. The normalized spacial score (nSPS) is 19.5. The molecule has 4 heteroatoms. The summed E-state index contributed by atoms with van der Waals surface area (Å²) in [6.07, 6.45) is 7.96. The number of hydrogen-bond donors (Lipinski definition) is 2. The molecule has 104 valence electrons. The Kier molecular flexibility index (Phi) is 3.92. The molecule has 0 radical (unpaired) electrons. The van der Waals surface area contributed by atoms with Gasteiger partial charge in [-0.05, 0) is 31.5 Å². The van der Waals surface area contributed by atoms with E-state index in [0.717, 1.165) is 42.3 Å². The summed E-state index contributed by atoms with van der Waals surface area (Å²) < 4.78 is 0. The minimum absolute atomic E-state index is 0.0659. The van der Waals surface area contributed by atoms with Gasteiger partial charge in [-0.2, -0.15) is 0 Å². The lowest BCUT2D eigenvalue weighted by Crippen LogP contribution is -2.39. The number of aromatic nitrogens is 1. The molecule has 1 amide bonds. The Morgan fingerprint density at radius 3 is 3.15 bits per heavy atom. The third-order valence-corrected chi connectivity index (χ3v) is 3.82. The maximum atomic E-state index is 12.4. The smallest absolute Gasteiger partial charge is 0.241 e. The van der Waals surface area contributed by atoms with Crippen LogP contribution >= 0.6 is 0 Å². The summed E-state index contributed by atoms with van der Waals surface area (Å²) in [6.45, 7) is 0.928. The molecule has 0 bridgehead atoms. The van der Waals surface area contributed by atoms with E-state index in [9.17, 15) is 4.79 Å². The van der Waals surface area contributed by atoms with Crippen LogP contribution in [0.4, 0.5) is 5.69 Å². The summed E-state index contributed by atoms with van der Waals surface area (Å²) >= 11 is 0. The van der Waals surface area contributed by atoms with Gasteiger partial charge in [0.05, 0.1) is 6.04 Å².